The molecule has 1 heterocycles. The van der Waals surface area contributed by atoms with Gasteiger partial charge in [0.25, 0.3) is 0 Å². The molecule has 1 atom stereocenters. The first-order valence-corrected chi connectivity index (χ1v) is 8.94. The lowest BCUT2D eigenvalue weighted by Crippen LogP contribution is -2.51. The second-order valence-corrected chi connectivity index (χ2v) is 7.71. The molecule has 0 radical (unpaired) electrons. The van der Waals surface area contributed by atoms with Gasteiger partial charge in [-0.15, -0.1) is 6.42 Å². The largest absolute Gasteiger partial charge is 0.354 e. The first-order chi connectivity index (χ1) is 10.9. The Labute approximate surface area is 148 Å². The molecule has 1 amide bonds. The number of nitrogens with zero attached hydrogens (tertiary/aromatic N) is 1. The number of hydrogen-bond donors (Lipinski definition) is 1. The highest BCUT2D eigenvalue weighted by Gasteiger charge is 2.29. The maximum Gasteiger partial charge on any atom is 0.237 e. The van der Waals surface area contributed by atoms with Crippen molar-refractivity contribution in [1.29, 1.82) is 0 Å². The van der Waals surface area contributed by atoms with E-state index < -0.39 is 0 Å². The highest BCUT2D eigenvalue weighted by atomic mass is 79.9. The van der Waals surface area contributed by atoms with Crippen LogP contribution >= 0.6 is 15.9 Å². The van der Waals surface area contributed by atoms with Gasteiger partial charge in [0.1, 0.15) is 0 Å². The van der Waals surface area contributed by atoms with Crippen molar-refractivity contribution < 1.29 is 4.79 Å². The highest BCUT2D eigenvalue weighted by molar-refractivity contribution is 9.10. The number of benzene rings is 1. The van der Waals surface area contributed by atoms with Gasteiger partial charge in [-0.05, 0) is 37.1 Å². The third-order valence-electron chi connectivity index (χ3n) is 4.54. The van der Waals surface area contributed by atoms with Crippen LogP contribution in [0.15, 0.2) is 28.7 Å². The van der Waals surface area contributed by atoms with Crippen LogP contribution in [0.5, 0.6) is 0 Å². The SMILES string of the molecule is C#CCN1CCCCC1C(=O)NCC(C)(C)c1ccc(Br)cc1. The van der Waals surface area contributed by atoms with Gasteiger partial charge < -0.3 is 5.32 Å². The molecule has 0 aromatic heterocycles. The van der Waals surface area contributed by atoms with Gasteiger partial charge in [0.05, 0.1) is 12.6 Å². The molecular weight excluding hydrogens is 352 g/mol. The Bertz CT molecular complexity index is 574. The van der Waals surface area contributed by atoms with Crippen molar-refractivity contribution in [3.63, 3.8) is 0 Å². The minimum atomic E-state index is -0.109. The molecule has 1 aromatic rings. The van der Waals surface area contributed by atoms with E-state index in [1.165, 1.54) is 5.56 Å². The summed E-state index contributed by atoms with van der Waals surface area (Å²) < 4.78 is 1.06. The summed E-state index contributed by atoms with van der Waals surface area (Å²) in [5.74, 6) is 2.77. The van der Waals surface area contributed by atoms with Gasteiger partial charge in [-0.1, -0.05) is 54.3 Å². The summed E-state index contributed by atoms with van der Waals surface area (Å²) in [6.07, 6.45) is 8.53. The average molecular weight is 377 g/mol. The molecule has 4 heteroatoms. The van der Waals surface area contributed by atoms with E-state index in [4.69, 9.17) is 6.42 Å². The lowest BCUT2D eigenvalue weighted by Gasteiger charge is -2.34. The Morgan fingerprint density at radius 3 is 2.74 bits per heavy atom. The third kappa shape index (κ3) is 4.83. The molecule has 1 aromatic carbocycles. The highest BCUT2D eigenvalue weighted by Crippen LogP contribution is 2.24. The van der Waals surface area contributed by atoms with Gasteiger partial charge in [-0.3, -0.25) is 9.69 Å². The van der Waals surface area contributed by atoms with E-state index in [-0.39, 0.29) is 17.4 Å². The van der Waals surface area contributed by atoms with E-state index in [0.29, 0.717) is 13.1 Å². The number of carbonyl (C=O) groups is 1. The van der Waals surface area contributed by atoms with E-state index in [0.717, 1.165) is 30.3 Å². The molecule has 1 fully saturated rings. The van der Waals surface area contributed by atoms with Gasteiger partial charge >= 0.3 is 0 Å². The molecular formula is C19H25BrN2O. The third-order valence-corrected chi connectivity index (χ3v) is 5.07. The van der Waals surface area contributed by atoms with Crippen LogP contribution in [0, 0.1) is 12.3 Å². The molecule has 0 aliphatic carbocycles. The molecule has 1 aliphatic heterocycles. The van der Waals surface area contributed by atoms with Crippen molar-refractivity contribution in [2.24, 2.45) is 0 Å². The molecule has 1 unspecified atom stereocenters. The van der Waals surface area contributed by atoms with Crippen LogP contribution in [-0.4, -0.2) is 36.5 Å². The minimum Gasteiger partial charge on any atom is -0.354 e. The Kier molecular flexibility index (Phi) is 6.26. The number of terminal acetylenes is 1. The van der Waals surface area contributed by atoms with Gasteiger partial charge in [0.2, 0.25) is 5.91 Å². The molecule has 0 saturated carbocycles. The Balaban J connectivity index is 1.97. The molecule has 1 N–H and O–H groups in total. The predicted octanol–water partition coefficient (Wildman–Crippen LogP) is 3.33. The van der Waals surface area contributed by atoms with Gasteiger partial charge in [-0.25, -0.2) is 0 Å². The summed E-state index contributed by atoms with van der Waals surface area (Å²) in [4.78, 5) is 14.7. The summed E-state index contributed by atoms with van der Waals surface area (Å²) >= 11 is 3.46. The van der Waals surface area contributed by atoms with Crippen molar-refractivity contribution in [3.8, 4) is 12.3 Å². The van der Waals surface area contributed by atoms with Crippen LogP contribution in [0.25, 0.3) is 0 Å². The molecule has 23 heavy (non-hydrogen) atoms. The second-order valence-electron chi connectivity index (χ2n) is 6.79. The fraction of sp³-hybridized carbons (Fsp3) is 0.526. The van der Waals surface area contributed by atoms with Crippen molar-refractivity contribution in [2.45, 2.75) is 44.6 Å². The van der Waals surface area contributed by atoms with E-state index in [2.05, 4.69) is 58.0 Å². The summed E-state index contributed by atoms with van der Waals surface area (Å²) in [5.41, 5.74) is 1.10. The van der Waals surface area contributed by atoms with Crippen molar-refractivity contribution >= 4 is 21.8 Å². The number of amides is 1. The van der Waals surface area contributed by atoms with E-state index in [9.17, 15) is 4.79 Å². The van der Waals surface area contributed by atoms with Crippen molar-refractivity contribution in [1.82, 2.24) is 10.2 Å². The average Bonchev–Trinajstić information content (AvgIpc) is 2.54. The summed E-state index contributed by atoms with van der Waals surface area (Å²) in [7, 11) is 0. The standard InChI is InChI=1S/C19H25BrN2O/c1-4-12-22-13-6-5-7-17(22)18(23)21-14-19(2,3)15-8-10-16(20)11-9-15/h1,8-11,17H,5-7,12-14H2,2-3H3,(H,21,23). The summed E-state index contributed by atoms with van der Waals surface area (Å²) in [6, 6.07) is 8.19. The number of rotatable bonds is 5. The van der Waals surface area contributed by atoms with E-state index >= 15 is 0 Å². The molecule has 3 nitrogen and oxygen atoms in total. The van der Waals surface area contributed by atoms with Crippen molar-refractivity contribution in [3.05, 3.63) is 34.3 Å². The second kappa shape index (κ2) is 7.99. The van der Waals surface area contributed by atoms with Gasteiger partial charge in [-0.2, -0.15) is 0 Å². The van der Waals surface area contributed by atoms with E-state index in [1.807, 2.05) is 12.1 Å². The minimum absolute atomic E-state index is 0.0829. The number of likely N-dealkylation sites (tertiary alicyclic amines) is 1. The van der Waals surface area contributed by atoms with Crippen LogP contribution in [0.4, 0.5) is 0 Å². The quantitative estimate of drug-likeness (QED) is 0.799. The van der Waals surface area contributed by atoms with Crippen LogP contribution in [0.2, 0.25) is 0 Å². The zero-order chi connectivity index (χ0) is 16.9. The van der Waals surface area contributed by atoms with Gasteiger partial charge in [0, 0.05) is 16.4 Å². The monoisotopic (exact) mass is 376 g/mol. The molecule has 1 saturated heterocycles. The fourth-order valence-corrected chi connectivity index (χ4v) is 3.29. The maximum atomic E-state index is 12.6. The van der Waals surface area contributed by atoms with Gasteiger partial charge in [0.15, 0.2) is 0 Å². The van der Waals surface area contributed by atoms with Crippen molar-refractivity contribution in [2.75, 3.05) is 19.6 Å². The van der Waals surface area contributed by atoms with Crippen LogP contribution < -0.4 is 5.32 Å². The zero-order valence-electron chi connectivity index (χ0n) is 13.9. The number of halogens is 1. The molecule has 0 spiro atoms. The number of piperidine rings is 1. The smallest absolute Gasteiger partial charge is 0.237 e. The number of hydrogen-bond acceptors (Lipinski definition) is 2. The summed E-state index contributed by atoms with van der Waals surface area (Å²) in [6.45, 7) is 6.38. The predicted molar refractivity (Wildman–Crippen MR) is 98.2 cm³/mol. The van der Waals surface area contributed by atoms with Crippen LogP contribution in [0.1, 0.15) is 38.7 Å². The maximum absolute atomic E-state index is 12.6. The summed E-state index contributed by atoms with van der Waals surface area (Å²) in [5, 5.41) is 3.13. The van der Waals surface area contributed by atoms with Crippen LogP contribution in [0.3, 0.4) is 0 Å². The molecule has 0 bridgehead atoms. The molecule has 1 aliphatic rings. The number of nitrogens with one attached hydrogen (secondary N) is 1. The Hall–Kier alpha value is -1.31. The zero-order valence-corrected chi connectivity index (χ0v) is 15.5. The Morgan fingerprint density at radius 2 is 2.09 bits per heavy atom. The number of carbonyl (C=O) groups excluding carboxylic acids is 1. The normalized spacial score (nSPS) is 19.1. The Morgan fingerprint density at radius 1 is 1.39 bits per heavy atom. The molecule has 124 valence electrons. The topological polar surface area (TPSA) is 32.3 Å². The molecule has 2 rings (SSSR count). The van der Waals surface area contributed by atoms with E-state index in [1.54, 1.807) is 0 Å². The lowest BCUT2D eigenvalue weighted by atomic mass is 9.84. The van der Waals surface area contributed by atoms with Crippen LogP contribution in [-0.2, 0) is 10.2 Å². The lowest BCUT2D eigenvalue weighted by molar-refractivity contribution is -0.127. The fourth-order valence-electron chi connectivity index (χ4n) is 3.02. The first-order valence-electron chi connectivity index (χ1n) is 8.15. The first kappa shape index (κ1) is 18.0.